The molecule has 3 rings (SSSR count). The van der Waals surface area contributed by atoms with Crippen molar-refractivity contribution in [2.45, 2.75) is 62.1 Å². The lowest BCUT2D eigenvalue weighted by molar-refractivity contribution is -0.373. The van der Waals surface area contributed by atoms with Crippen LogP contribution in [0.2, 0.25) is 0 Å². The highest BCUT2D eigenvalue weighted by Gasteiger charge is 2.71. The minimum atomic E-state index is -5.79. The number of rotatable bonds is 6. The molecule has 0 aromatic carbocycles. The number of esters is 1. The fraction of sp³-hybridized carbons (Fsp3) is 0.941. The summed E-state index contributed by atoms with van der Waals surface area (Å²) in [5.74, 6) is -2.06. The quantitative estimate of drug-likeness (QED) is 0.349. The molecule has 1 saturated heterocycles. The summed E-state index contributed by atoms with van der Waals surface area (Å²) in [5, 5.41) is 12.4. The Morgan fingerprint density at radius 2 is 1.57 bits per heavy atom. The first-order valence-corrected chi connectivity index (χ1v) is 9.22. The van der Waals surface area contributed by atoms with Crippen LogP contribution in [0.3, 0.4) is 0 Å². The maximum Gasteiger partial charge on any atom is 0.426 e. The third-order valence-corrected chi connectivity index (χ3v) is 6.65. The molecular weight excluding hydrogens is 394 g/mol. The average molecular weight is 418 g/mol. The summed E-state index contributed by atoms with van der Waals surface area (Å²) < 4.78 is 82.8. The molecule has 2 bridgehead atoms. The van der Waals surface area contributed by atoms with E-state index in [9.17, 15) is 36.2 Å². The fourth-order valence-corrected chi connectivity index (χ4v) is 4.70. The molecule has 1 aliphatic heterocycles. The molecule has 1 heterocycles. The van der Waals surface area contributed by atoms with Gasteiger partial charge in [0.1, 0.15) is 5.54 Å². The molecule has 0 aromatic heterocycles. The van der Waals surface area contributed by atoms with Crippen molar-refractivity contribution in [1.82, 2.24) is 5.32 Å². The van der Waals surface area contributed by atoms with Gasteiger partial charge in [-0.3, -0.25) is 4.79 Å². The zero-order valence-electron chi connectivity index (χ0n) is 15.2. The molecule has 28 heavy (non-hydrogen) atoms. The number of hydrogen-bond acceptors (Lipinski definition) is 5. The van der Waals surface area contributed by atoms with Crippen molar-refractivity contribution in [3.8, 4) is 0 Å². The molecule has 4 N–H and O–H groups in total. The van der Waals surface area contributed by atoms with Crippen LogP contribution < -0.4 is 11.1 Å². The van der Waals surface area contributed by atoms with Crippen LogP contribution in [0.1, 0.15) is 32.6 Å². The Hall–Kier alpha value is -1.07. The largest absolute Gasteiger partial charge is 0.464 e. The second kappa shape index (κ2) is 6.73. The second-order valence-electron chi connectivity index (χ2n) is 8.65. The molecule has 11 heteroatoms. The highest BCUT2D eigenvalue weighted by atomic mass is 19.4. The number of nitrogens with one attached hydrogen (secondary N) is 1. The Kier molecular flexibility index (Phi) is 5.20. The minimum absolute atomic E-state index is 0.0506. The Labute approximate surface area is 158 Å². The van der Waals surface area contributed by atoms with Crippen molar-refractivity contribution in [1.29, 1.82) is 0 Å². The Bertz CT molecular complexity index is 603. The standard InChI is InChI=1S/C17H24F6N2O3/c1-14(24,12-6-25-12)13(26)28-7-11-4-8-2-9(11)3-10(8)5-15(27,16(18,19)20)17(21,22)23/h8-12,25,27H,2-7,24H2,1H3. The van der Waals surface area contributed by atoms with Crippen LogP contribution in [0, 0.1) is 23.7 Å². The number of nitrogens with two attached hydrogens (primary N) is 1. The summed E-state index contributed by atoms with van der Waals surface area (Å²) in [4.78, 5) is 12.1. The van der Waals surface area contributed by atoms with Gasteiger partial charge >= 0.3 is 18.3 Å². The van der Waals surface area contributed by atoms with Gasteiger partial charge in [-0.25, -0.2) is 0 Å². The van der Waals surface area contributed by atoms with Crippen molar-refractivity contribution in [3.05, 3.63) is 0 Å². The number of alkyl halides is 6. The summed E-state index contributed by atoms with van der Waals surface area (Å²) in [6.07, 6.45) is -12.0. The van der Waals surface area contributed by atoms with Gasteiger partial charge in [-0.05, 0) is 56.3 Å². The lowest BCUT2D eigenvalue weighted by Crippen LogP contribution is -2.58. The van der Waals surface area contributed by atoms with E-state index in [2.05, 4.69) is 5.32 Å². The Balaban J connectivity index is 1.56. The lowest BCUT2D eigenvalue weighted by Gasteiger charge is -2.37. The average Bonchev–Trinajstić information content (AvgIpc) is 3.25. The van der Waals surface area contributed by atoms with Gasteiger partial charge in [0.25, 0.3) is 5.60 Å². The molecule has 0 radical (unpaired) electrons. The number of carbonyl (C=O) groups is 1. The summed E-state index contributed by atoms with van der Waals surface area (Å²) >= 11 is 0. The smallest absolute Gasteiger partial charge is 0.426 e. The minimum Gasteiger partial charge on any atom is -0.464 e. The molecule has 2 saturated carbocycles. The molecule has 3 fully saturated rings. The van der Waals surface area contributed by atoms with Gasteiger partial charge in [0.2, 0.25) is 0 Å². The van der Waals surface area contributed by atoms with E-state index >= 15 is 0 Å². The second-order valence-corrected chi connectivity index (χ2v) is 8.65. The van der Waals surface area contributed by atoms with E-state index in [1.807, 2.05) is 0 Å². The van der Waals surface area contributed by atoms with E-state index in [0.29, 0.717) is 19.4 Å². The Morgan fingerprint density at radius 1 is 1.07 bits per heavy atom. The van der Waals surface area contributed by atoms with Gasteiger partial charge < -0.3 is 20.9 Å². The topological polar surface area (TPSA) is 94.5 Å². The number of halogens is 6. The van der Waals surface area contributed by atoms with Gasteiger partial charge in [-0.1, -0.05) is 0 Å². The molecule has 0 spiro atoms. The monoisotopic (exact) mass is 418 g/mol. The van der Waals surface area contributed by atoms with Crippen molar-refractivity contribution < 1.29 is 41.0 Å². The normalized spacial score (nSPS) is 35.0. The van der Waals surface area contributed by atoms with Crippen LogP contribution in [0.25, 0.3) is 0 Å². The summed E-state index contributed by atoms with van der Waals surface area (Å²) in [7, 11) is 0. The van der Waals surface area contributed by atoms with E-state index in [0.717, 1.165) is 0 Å². The van der Waals surface area contributed by atoms with Gasteiger partial charge in [-0.15, -0.1) is 0 Å². The molecule has 6 unspecified atom stereocenters. The van der Waals surface area contributed by atoms with Crippen LogP contribution in [0.4, 0.5) is 26.3 Å². The maximum atomic E-state index is 12.9. The van der Waals surface area contributed by atoms with E-state index in [4.69, 9.17) is 10.5 Å². The maximum absolute atomic E-state index is 12.9. The van der Waals surface area contributed by atoms with Crippen LogP contribution in [-0.2, 0) is 9.53 Å². The van der Waals surface area contributed by atoms with Crippen LogP contribution in [0.5, 0.6) is 0 Å². The molecule has 162 valence electrons. The van der Waals surface area contributed by atoms with E-state index < -0.39 is 41.8 Å². The SMILES string of the molecule is CC(N)(C(=O)OCC1CC2CC1CC2CC(O)(C(F)(F)F)C(F)(F)F)C1CN1. The van der Waals surface area contributed by atoms with Gasteiger partial charge in [0.05, 0.1) is 6.61 Å². The molecule has 6 atom stereocenters. The predicted molar refractivity (Wildman–Crippen MR) is 84.8 cm³/mol. The van der Waals surface area contributed by atoms with Crippen molar-refractivity contribution in [2.75, 3.05) is 13.2 Å². The third-order valence-electron chi connectivity index (χ3n) is 6.65. The molecular formula is C17H24F6N2O3. The van der Waals surface area contributed by atoms with E-state index in [1.54, 1.807) is 6.92 Å². The summed E-state index contributed by atoms with van der Waals surface area (Å²) in [6, 6.07) is -0.160. The molecule has 3 aliphatic rings. The molecule has 5 nitrogen and oxygen atoms in total. The number of hydrogen-bond donors (Lipinski definition) is 3. The predicted octanol–water partition coefficient (Wildman–Crippen LogP) is 2.13. The van der Waals surface area contributed by atoms with E-state index in [-0.39, 0.29) is 36.8 Å². The first-order chi connectivity index (χ1) is 12.7. The summed E-state index contributed by atoms with van der Waals surface area (Å²) in [5.41, 5.74) is 0.0520. The fourth-order valence-electron chi connectivity index (χ4n) is 4.70. The third kappa shape index (κ3) is 3.72. The van der Waals surface area contributed by atoms with Crippen molar-refractivity contribution in [3.63, 3.8) is 0 Å². The van der Waals surface area contributed by atoms with Crippen LogP contribution >= 0.6 is 0 Å². The zero-order valence-corrected chi connectivity index (χ0v) is 15.2. The highest BCUT2D eigenvalue weighted by Crippen LogP contribution is 2.57. The van der Waals surface area contributed by atoms with Gasteiger partial charge in [0.15, 0.2) is 0 Å². The number of ether oxygens (including phenoxy) is 1. The van der Waals surface area contributed by atoms with Gasteiger partial charge in [0, 0.05) is 12.6 Å². The number of carbonyl (C=O) groups excluding carboxylic acids is 1. The molecule has 2 aliphatic carbocycles. The van der Waals surface area contributed by atoms with Crippen LogP contribution in [-0.4, -0.2) is 53.8 Å². The first kappa shape index (κ1) is 21.6. The molecule has 0 aromatic rings. The number of aliphatic hydroxyl groups is 1. The van der Waals surface area contributed by atoms with E-state index in [1.165, 1.54) is 0 Å². The summed E-state index contributed by atoms with van der Waals surface area (Å²) in [6.45, 7) is 2.21. The van der Waals surface area contributed by atoms with Crippen LogP contribution in [0.15, 0.2) is 0 Å². The first-order valence-electron chi connectivity index (χ1n) is 9.22. The highest BCUT2D eigenvalue weighted by molar-refractivity contribution is 5.81. The van der Waals surface area contributed by atoms with Crippen molar-refractivity contribution in [2.24, 2.45) is 29.4 Å². The number of fused-ring (bicyclic) bond motifs is 2. The molecule has 0 amide bonds. The Morgan fingerprint density at radius 3 is 2.00 bits per heavy atom. The lowest BCUT2D eigenvalue weighted by atomic mass is 9.76. The zero-order chi connectivity index (χ0) is 21.1. The van der Waals surface area contributed by atoms with Gasteiger partial charge in [-0.2, -0.15) is 26.3 Å². The van der Waals surface area contributed by atoms with Crippen molar-refractivity contribution >= 4 is 5.97 Å².